The van der Waals surface area contributed by atoms with Gasteiger partial charge in [0.25, 0.3) is 0 Å². The number of anilines is 1. The van der Waals surface area contributed by atoms with E-state index < -0.39 is 0 Å². The zero-order valence-electron chi connectivity index (χ0n) is 12.8. The van der Waals surface area contributed by atoms with E-state index >= 15 is 0 Å². The van der Waals surface area contributed by atoms with Crippen LogP contribution in [0.3, 0.4) is 0 Å². The van der Waals surface area contributed by atoms with Gasteiger partial charge in [-0.3, -0.25) is 4.98 Å². The van der Waals surface area contributed by atoms with Crippen molar-refractivity contribution in [1.82, 2.24) is 14.9 Å². The third-order valence-corrected chi connectivity index (χ3v) is 4.08. The lowest BCUT2D eigenvalue weighted by molar-refractivity contribution is 0.270. The van der Waals surface area contributed by atoms with E-state index in [4.69, 9.17) is 0 Å². The van der Waals surface area contributed by atoms with Crippen molar-refractivity contribution in [3.8, 4) is 11.3 Å². The van der Waals surface area contributed by atoms with Gasteiger partial charge in [-0.15, -0.1) is 0 Å². The van der Waals surface area contributed by atoms with Crippen LogP contribution in [0.5, 0.6) is 0 Å². The van der Waals surface area contributed by atoms with Crippen molar-refractivity contribution in [2.75, 3.05) is 37.6 Å². The molecule has 3 rings (SSSR count). The van der Waals surface area contributed by atoms with Gasteiger partial charge in [0.2, 0.25) is 0 Å². The van der Waals surface area contributed by atoms with Crippen LogP contribution in [0.2, 0.25) is 0 Å². The minimum atomic E-state index is 0.991. The van der Waals surface area contributed by atoms with Crippen molar-refractivity contribution in [3.05, 3.63) is 42.2 Å². The number of nitrogens with zero attached hydrogens (tertiary/aromatic N) is 4. The maximum atomic E-state index is 4.63. The smallest absolute Gasteiger partial charge is 0.128 e. The van der Waals surface area contributed by atoms with Crippen LogP contribution in [0.15, 0.2) is 36.5 Å². The highest BCUT2D eigenvalue weighted by Gasteiger charge is 2.16. The van der Waals surface area contributed by atoms with Gasteiger partial charge in [0, 0.05) is 43.6 Å². The molecule has 0 spiro atoms. The van der Waals surface area contributed by atoms with E-state index in [1.54, 1.807) is 0 Å². The Hall–Kier alpha value is -1.94. The van der Waals surface area contributed by atoms with Crippen LogP contribution in [0, 0.1) is 6.92 Å². The molecule has 0 unspecified atom stereocenters. The van der Waals surface area contributed by atoms with Gasteiger partial charge in [0.05, 0.1) is 5.69 Å². The summed E-state index contributed by atoms with van der Waals surface area (Å²) in [5.41, 5.74) is 3.10. The molecular weight excluding hydrogens is 260 g/mol. The van der Waals surface area contributed by atoms with E-state index in [1.165, 1.54) is 0 Å². The Morgan fingerprint density at radius 1 is 1.05 bits per heavy atom. The standard InChI is InChI=1S/C17H22N4/c1-3-20-9-11-21(12-10-20)17-8-7-15(13-18-17)16-6-4-5-14(2)19-16/h4-8,13H,3,9-12H2,1-2H3. The first-order chi connectivity index (χ1) is 10.3. The fourth-order valence-corrected chi connectivity index (χ4v) is 2.72. The van der Waals surface area contributed by atoms with E-state index in [-0.39, 0.29) is 0 Å². The first kappa shape index (κ1) is 14.0. The summed E-state index contributed by atoms with van der Waals surface area (Å²) in [7, 11) is 0. The lowest BCUT2D eigenvalue weighted by Gasteiger charge is -2.34. The molecule has 3 heterocycles. The van der Waals surface area contributed by atoms with Crippen molar-refractivity contribution in [1.29, 1.82) is 0 Å². The van der Waals surface area contributed by atoms with E-state index in [0.717, 1.165) is 55.5 Å². The number of likely N-dealkylation sites (N-methyl/N-ethyl adjacent to an activating group) is 1. The van der Waals surface area contributed by atoms with Crippen molar-refractivity contribution >= 4 is 5.82 Å². The maximum absolute atomic E-state index is 4.63. The fraction of sp³-hybridized carbons (Fsp3) is 0.412. The van der Waals surface area contributed by atoms with Gasteiger partial charge in [-0.25, -0.2) is 4.98 Å². The Morgan fingerprint density at radius 3 is 2.48 bits per heavy atom. The fourth-order valence-electron chi connectivity index (χ4n) is 2.72. The predicted molar refractivity (Wildman–Crippen MR) is 86.5 cm³/mol. The van der Waals surface area contributed by atoms with Crippen LogP contribution in [0.1, 0.15) is 12.6 Å². The van der Waals surface area contributed by atoms with Crippen LogP contribution < -0.4 is 4.90 Å². The lowest BCUT2D eigenvalue weighted by atomic mass is 10.2. The van der Waals surface area contributed by atoms with Gasteiger partial charge < -0.3 is 9.80 Å². The molecule has 0 aromatic carbocycles. The molecule has 0 saturated carbocycles. The molecule has 2 aromatic heterocycles. The summed E-state index contributed by atoms with van der Waals surface area (Å²) in [6, 6.07) is 10.3. The average Bonchev–Trinajstić information content (AvgIpc) is 2.55. The molecule has 0 amide bonds. The third kappa shape index (κ3) is 3.22. The topological polar surface area (TPSA) is 32.3 Å². The summed E-state index contributed by atoms with van der Waals surface area (Å²) in [6.07, 6.45) is 1.93. The van der Waals surface area contributed by atoms with Crippen LogP contribution in [-0.4, -0.2) is 47.6 Å². The van der Waals surface area contributed by atoms with E-state index in [2.05, 4.69) is 38.8 Å². The zero-order valence-corrected chi connectivity index (χ0v) is 12.8. The first-order valence-corrected chi connectivity index (χ1v) is 7.63. The summed E-state index contributed by atoms with van der Waals surface area (Å²) < 4.78 is 0. The average molecular weight is 282 g/mol. The van der Waals surface area contributed by atoms with Gasteiger partial charge in [0.15, 0.2) is 0 Å². The molecule has 21 heavy (non-hydrogen) atoms. The molecule has 2 aromatic rings. The summed E-state index contributed by atoms with van der Waals surface area (Å²) in [6.45, 7) is 9.74. The monoisotopic (exact) mass is 282 g/mol. The second-order valence-electron chi connectivity index (χ2n) is 5.49. The molecule has 0 bridgehead atoms. The number of aryl methyl sites for hydroxylation is 1. The Kier molecular flexibility index (Phi) is 4.15. The summed E-state index contributed by atoms with van der Waals surface area (Å²) in [4.78, 5) is 14.0. The molecule has 0 N–H and O–H groups in total. The molecule has 1 fully saturated rings. The predicted octanol–water partition coefficient (Wildman–Crippen LogP) is 2.59. The second-order valence-corrected chi connectivity index (χ2v) is 5.49. The first-order valence-electron chi connectivity index (χ1n) is 7.63. The zero-order chi connectivity index (χ0) is 14.7. The third-order valence-electron chi connectivity index (χ3n) is 4.08. The largest absolute Gasteiger partial charge is 0.354 e. The molecule has 1 aliphatic rings. The minimum absolute atomic E-state index is 0.991. The second kappa shape index (κ2) is 6.22. The highest BCUT2D eigenvalue weighted by molar-refractivity contribution is 5.60. The molecule has 0 radical (unpaired) electrons. The molecular formula is C17H22N4. The lowest BCUT2D eigenvalue weighted by Crippen LogP contribution is -2.46. The molecule has 0 atom stereocenters. The van der Waals surface area contributed by atoms with Crippen LogP contribution >= 0.6 is 0 Å². The Morgan fingerprint density at radius 2 is 1.86 bits per heavy atom. The number of pyridine rings is 2. The minimum Gasteiger partial charge on any atom is -0.354 e. The van der Waals surface area contributed by atoms with Crippen LogP contribution in [0.4, 0.5) is 5.82 Å². The van der Waals surface area contributed by atoms with Crippen molar-refractivity contribution in [3.63, 3.8) is 0 Å². The van der Waals surface area contributed by atoms with E-state index in [9.17, 15) is 0 Å². The molecule has 4 nitrogen and oxygen atoms in total. The highest BCUT2D eigenvalue weighted by atomic mass is 15.3. The van der Waals surface area contributed by atoms with E-state index in [1.807, 2.05) is 31.3 Å². The van der Waals surface area contributed by atoms with Crippen LogP contribution in [0.25, 0.3) is 11.3 Å². The SMILES string of the molecule is CCN1CCN(c2ccc(-c3cccc(C)n3)cn2)CC1. The van der Waals surface area contributed by atoms with Gasteiger partial charge in [0.1, 0.15) is 5.82 Å². The van der Waals surface area contributed by atoms with Gasteiger partial charge in [-0.05, 0) is 37.7 Å². The summed E-state index contributed by atoms with van der Waals surface area (Å²) >= 11 is 0. The summed E-state index contributed by atoms with van der Waals surface area (Å²) in [5.74, 6) is 1.07. The van der Waals surface area contributed by atoms with Gasteiger partial charge in [-0.2, -0.15) is 0 Å². The number of piperazine rings is 1. The molecule has 4 heteroatoms. The molecule has 1 saturated heterocycles. The van der Waals surface area contributed by atoms with Gasteiger partial charge in [-0.1, -0.05) is 13.0 Å². The van der Waals surface area contributed by atoms with Gasteiger partial charge >= 0.3 is 0 Å². The number of rotatable bonds is 3. The molecule has 110 valence electrons. The number of aromatic nitrogens is 2. The highest BCUT2D eigenvalue weighted by Crippen LogP contribution is 2.20. The number of hydrogen-bond donors (Lipinski definition) is 0. The summed E-state index contributed by atoms with van der Waals surface area (Å²) in [5, 5.41) is 0. The molecule has 0 aliphatic carbocycles. The van der Waals surface area contributed by atoms with Crippen molar-refractivity contribution in [2.24, 2.45) is 0 Å². The van der Waals surface area contributed by atoms with Crippen molar-refractivity contribution < 1.29 is 0 Å². The Labute approximate surface area is 126 Å². The normalized spacial score (nSPS) is 16.2. The Balaban J connectivity index is 1.73. The van der Waals surface area contributed by atoms with Crippen molar-refractivity contribution in [2.45, 2.75) is 13.8 Å². The van der Waals surface area contributed by atoms with E-state index in [0.29, 0.717) is 0 Å². The maximum Gasteiger partial charge on any atom is 0.128 e. The number of hydrogen-bond acceptors (Lipinski definition) is 4. The molecule has 1 aliphatic heterocycles. The quantitative estimate of drug-likeness (QED) is 0.866. The Bertz CT molecular complexity index is 586. The van der Waals surface area contributed by atoms with Crippen LogP contribution in [-0.2, 0) is 0 Å².